The van der Waals surface area contributed by atoms with Gasteiger partial charge in [-0.3, -0.25) is 0 Å². The van der Waals surface area contributed by atoms with E-state index in [-0.39, 0.29) is 5.75 Å². The second-order valence-electron chi connectivity index (χ2n) is 4.27. The van der Waals surface area contributed by atoms with Crippen LogP contribution in [0.15, 0.2) is 6.20 Å². The molecule has 1 fully saturated rings. The fourth-order valence-electron chi connectivity index (χ4n) is 1.36. The standard InChI is InChI=1S/C9H16N4O2S/c1-12(2)16(14,15)6-5-8-7-13(11-10-8)9-3-4-9/h7,9H,3-6H2,1-2H3. The summed E-state index contributed by atoms with van der Waals surface area (Å²) in [6.07, 6.45) is 4.58. The quantitative estimate of drug-likeness (QED) is 0.734. The van der Waals surface area contributed by atoms with Crippen molar-refractivity contribution in [3.63, 3.8) is 0 Å². The third kappa shape index (κ3) is 2.59. The van der Waals surface area contributed by atoms with Gasteiger partial charge in [-0.05, 0) is 12.8 Å². The lowest BCUT2D eigenvalue weighted by Crippen LogP contribution is -2.26. The van der Waals surface area contributed by atoms with Gasteiger partial charge in [0.15, 0.2) is 0 Å². The van der Waals surface area contributed by atoms with E-state index in [1.165, 1.54) is 18.4 Å². The van der Waals surface area contributed by atoms with E-state index >= 15 is 0 Å². The largest absolute Gasteiger partial charge is 0.249 e. The highest BCUT2D eigenvalue weighted by molar-refractivity contribution is 7.89. The summed E-state index contributed by atoms with van der Waals surface area (Å²) in [4.78, 5) is 0. The maximum absolute atomic E-state index is 11.5. The Morgan fingerprint density at radius 3 is 2.75 bits per heavy atom. The maximum Gasteiger partial charge on any atom is 0.213 e. The van der Waals surface area contributed by atoms with Crippen molar-refractivity contribution in [3.05, 3.63) is 11.9 Å². The average Bonchev–Trinajstić information content (AvgIpc) is 2.95. The van der Waals surface area contributed by atoms with Gasteiger partial charge in [-0.25, -0.2) is 17.4 Å². The lowest BCUT2D eigenvalue weighted by molar-refractivity contribution is 0.520. The van der Waals surface area contributed by atoms with E-state index < -0.39 is 10.0 Å². The van der Waals surface area contributed by atoms with Crippen LogP contribution in [0.4, 0.5) is 0 Å². The molecule has 0 N–H and O–H groups in total. The molecule has 0 amide bonds. The van der Waals surface area contributed by atoms with Gasteiger partial charge in [0, 0.05) is 26.7 Å². The predicted octanol–water partition coefficient (Wildman–Crippen LogP) is 0.0469. The third-order valence-corrected chi connectivity index (χ3v) is 4.48. The molecule has 1 saturated carbocycles. The van der Waals surface area contributed by atoms with Crippen molar-refractivity contribution < 1.29 is 8.42 Å². The summed E-state index contributed by atoms with van der Waals surface area (Å²) in [6, 6.07) is 0.492. The topological polar surface area (TPSA) is 68.1 Å². The molecule has 16 heavy (non-hydrogen) atoms. The Labute approximate surface area is 95.3 Å². The Kier molecular flexibility index (Phi) is 2.98. The van der Waals surface area contributed by atoms with Gasteiger partial charge in [0.25, 0.3) is 0 Å². The summed E-state index contributed by atoms with van der Waals surface area (Å²) in [6.45, 7) is 0. The van der Waals surface area contributed by atoms with Gasteiger partial charge in [-0.15, -0.1) is 5.10 Å². The van der Waals surface area contributed by atoms with Crippen LogP contribution in [0.2, 0.25) is 0 Å². The number of rotatable bonds is 5. The number of aryl methyl sites for hydroxylation is 1. The van der Waals surface area contributed by atoms with E-state index in [1.54, 1.807) is 0 Å². The van der Waals surface area contributed by atoms with Crippen molar-refractivity contribution >= 4 is 10.0 Å². The van der Waals surface area contributed by atoms with E-state index in [0.29, 0.717) is 12.5 Å². The molecule has 6 nitrogen and oxygen atoms in total. The summed E-state index contributed by atoms with van der Waals surface area (Å²) in [5, 5.41) is 7.95. The molecule has 0 spiro atoms. The molecule has 7 heteroatoms. The smallest absolute Gasteiger partial charge is 0.213 e. The van der Waals surface area contributed by atoms with Crippen LogP contribution in [0, 0.1) is 0 Å². The molecule has 0 unspecified atom stereocenters. The van der Waals surface area contributed by atoms with Gasteiger partial charge in [0.05, 0.1) is 17.5 Å². The van der Waals surface area contributed by atoms with Crippen LogP contribution in [0.5, 0.6) is 0 Å². The van der Waals surface area contributed by atoms with E-state index in [4.69, 9.17) is 0 Å². The second kappa shape index (κ2) is 4.14. The average molecular weight is 244 g/mol. The van der Waals surface area contributed by atoms with E-state index in [2.05, 4.69) is 10.3 Å². The minimum absolute atomic E-state index is 0.0867. The highest BCUT2D eigenvalue weighted by Crippen LogP contribution is 2.33. The third-order valence-electron chi connectivity index (χ3n) is 2.65. The summed E-state index contributed by atoms with van der Waals surface area (Å²) >= 11 is 0. The molecule has 0 saturated heterocycles. The first kappa shape index (κ1) is 11.5. The predicted molar refractivity (Wildman–Crippen MR) is 59.5 cm³/mol. The number of hydrogen-bond donors (Lipinski definition) is 0. The normalized spacial score (nSPS) is 16.9. The van der Waals surface area contributed by atoms with E-state index in [9.17, 15) is 8.42 Å². The second-order valence-corrected chi connectivity index (χ2v) is 6.57. The Hall–Kier alpha value is -0.950. The number of hydrogen-bond acceptors (Lipinski definition) is 4. The zero-order chi connectivity index (χ0) is 11.8. The van der Waals surface area contributed by atoms with Gasteiger partial charge in [0.1, 0.15) is 0 Å². The molecule has 2 rings (SSSR count). The number of nitrogens with zero attached hydrogens (tertiary/aromatic N) is 4. The van der Waals surface area contributed by atoms with Crippen molar-refractivity contribution in [3.8, 4) is 0 Å². The summed E-state index contributed by atoms with van der Waals surface area (Å²) < 4.78 is 26.1. The molecule has 1 heterocycles. The Morgan fingerprint density at radius 2 is 2.19 bits per heavy atom. The Bertz CT molecular complexity index is 462. The maximum atomic E-state index is 11.5. The van der Waals surface area contributed by atoms with Crippen LogP contribution < -0.4 is 0 Å². The molecule has 1 aliphatic rings. The van der Waals surface area contributed by atoms with Crippen molar-refractivity contribution in [2.75, 3.05) is 19.8 Å². The zero-order valence-corrected chi connectivity index (χ0v) is 10.3. The highest BCUT2D eigenvalue weighted by atomic mass is 32.2. The van der Waals surface area contributed by atoms with Gasteiger partial charge < -0.3 is 0 Å². The Balaban J connectivity index is 1.94. The number of aromatic nitrogens is 3. The van der Waals surface area contributed by atoms with Crippen LogP contribution in [0.3, 0.4) is 0 Å². The van der Waals surface area contributed by atoms with Gasteiger partial charge >= 0.3 is 0 Å². The molecule has 1 aromatic rings. The molecule has 1 aromatic heterocycles. The van der Waals surface area contributed by atoms with Gasteiger partial charge in [-0.2, -0.15) is 0 Å². The zero-order valence-electron chi connectivity index (χ0n) is 9.50. The molecular weight excluding hydrogens is 228 g/mol. The lowest BCUT2D eigenvalue weighted by atomic mass is 10.4. The fraction of sp³-hybridized carbons (Fsp3) is 0.778. The number of sulfonamides is 1. The minimum Gasteiger partial charge on any atom is -0.249 e. The van der Waals surface area contributed by atoms with Crippen LogP contribution in [0.25, 0.3) is 0 Å². The first-order chi connectivity index (χ1) is 7.49. The fourth-order valence-corrected chi connectivity index (χ4v) is 2.19. The molecule has 0 radical (unpaired) electrons. The van der Waals surface area contributed by atoms with E-state index in [0.717, 1.165) is 18.5 Å². The van der Waals surface area contributed by atoms with Crippen LogP contribution in [-0.4, -0.2) is 47.6 Å². The first-order valence-electron chi connectivity index (χ1n) is 5.30. The SMILES string of the molecule is CN(C)S(=O)(=O)CCc1cn(C2CC2)nn1. The van der Waals surface area contributed by atoms with Crippen LogP contribution in [-0.2, 0) is 16.4 Å². The first-order valence-corrected chi connectivity index (χ1v) is 6.91. The van der Waals surface area contributed by atoms with Crippen LogP contribution in [0.1, 0.15) is 24.6 Å². The Morgan fingerprint density at radius 1 is 1.50 bits per heavy atom. The molecule has 1 aliphatic carbocycles. The summed E-state index contributed by atoms with van der Waals surface area (Å²) in [7, 11) is -0.0593. The summed E-state index contributed by atoms with van der Waals surface area (Å²) in [5.41, 5.74) is 0.748. The van der Waals surface area contributed by atoms with Gasteiger partial charge in [-0.1, -0.05) is 5.21 Å². The highest BCUT2D eigenvalue weighted by Gasteiger charge is 2.25. The van der Waals surface area contributed by atoms with Crippen molar-refractivity contribution in [2.45, 2.75) is 25.3 Å². The molecule has 0 aromatic carbocycles. The summed E-state index contributed by atoms with van der Waals surface area (Å²) in [5.74, 6) is 0.0867. The molecular formula is C9H16N4O2S. The molecule has 0 bridgehead atoms. The van der Waals surface area contributed by atoms with Crippen molar-refractivity contribution in [2.24, 2.45) is 0 Å². The van der Waals surface area contributed by atoms with E-state index in [1.807, 2.05) is 10.9 Å². The van der Waals surface area contributed by atoms with Crippen molar-refractivity contribution in [1.82, 2.24) is 19.3 Å². The van der Waals surface area contributed by atoms with Gasteiger partial charge in [0.2, 0.25) is 10.0 Å². The minimum atomic E-state index is -3.14. The molecule has 0 aliphatic heterocycles. The monoisotopic (exact) mass is 244 g/mol. The van der Waals surface area contributed by atoms with Crippen molar-refractivity contribution in [1.29, 1.82) is 0 Å². The molecule has 90 valence electrons. The van der Waals surface area contributed by atoms with Crippen LogP contribution >= 0.6 is 0 Å². The molecule has 0 atom stereocenters. The lowest BCUT2D eigenvalue weighted by Gasteiger charge is -2.09.